The van der Waals surface area contributed by atoms with Crippen LogP contribution in [-0.4, -0.2) is 103 Å². The lowest BCUT2D eigenvalue weighted by Crippen LogP contribution is -2.28. The number of fused-ring (bicyclic) bond motifs is 1. The summed E-state index contributed by atoms with van der Waals surface area (Å²) in [5.41, 5.74) is 16.6. The predicted molar refractivity (Wildman–Crippen MR) is 294 cm³/mol. The lowest BCUT2D eigenvalue weighted by molar-refractivity contribution is -0.385. The molecule has 22 nitrogen and oxygen atoms in total. The van der Waals surface area contributed by atoms with Gasteiger partial charge in [0.15, 0.2) is 11.5 Å². The molecule has 0 fully saturated rings. The predicted octanol–water partition coefficient (Wildman–Crippen LogP) is 7.57. The Bertz CT molecular complexity index is 2810. The first-order valence-electron chi connectivity index (χ1n) is 26.5. The highest BCUT2D eigenvalue weighted by Gasteiger charge is 2.25. The van der Waals surface area contributed by atoms with Crippen molar-refractivity contribution in [1.29, 1.82) is 0 Å². The highest BCUT2D eigenvalue weighted by Crippen LogP contribution is 2.38. The fourth-order valence-corrected chi connectivity index (χ4v) is 8.17. The Morgan fingerprint density at radius 2 is 1.27 bits per heavy atom. The van der Waals surface area contributed by atoms with E-state index in [2.05, 4.69) is 30.6 Å². The van der Waals surface area contributed by atoms with E-state index in [1.807, 2.05) is 48.5 Å². The van der Waals surface area contributed by atoms with Crippen LogP contribution in [0.2, 0.25) is 0 Å². The maximum absolute atomic E-state index is 12.9. The van der Waals surface area contributed by atoms with E-state index in [1.165, 1.54) is 19.2 Å². The quantitative estimate of drug-likeness (QED) is 0.0168. The Labute approximate surface area is 459 Å². The third-order valence-corrected chi connectivity index (χ3v) is 12.4. The van der Waals surface area contributed by atoms with Gasteiger partial charge in [-0.05, 0) is 73.4 Å². The van der Waals surface area contributed by atoms with Crippen LogP contribution in [-0.2, 0) is 66.0 Å². The first-order valence-corrected chi connectivity index (χ1v) is 26.5. The molecule has 1 aliphatic heterocycles. The van der Waals surface area contributed by atoms with E-state index < -0.39 is 11.0 Å². The zero-order chi connectivity index (χ0) is 56.2. The molecule has 0 spiro atoms. The van der Waals surface area contributed by atoms with Crippen LogP contribution in [0.5, 0.6) is 23.3 Å². The zero-order valence-electron chi connectivity index (χ0n) is 44.9. The number of methoxy groups -OCH3 is 1. The van der Waals surface area contributed by atoms with Crippen LogP contribution >= 0.6 is 0 Å². The highest BCUT2D eigenvalue weighted by atomic mass is 16.6. The standard InChI is InChI=1S/C57H71N9O13/c1-39(62-53(70)13-4-12-52(69)61-36-41-17-21-43(22-18-41)38-79-56-55-47(25-26-60-55)63-57(59)65-56)46-34-49(73-2)50(35-48(46)66(71)72)77-29-7-10-44(67)8-5-27-74-30-32-76-33-31-75-28-6-9-45(68)24-23-40-15-19-42(20-16-40)37-78-54-14-3-11-51(58)64-54/h3,11,14-22,26,34-35,39H,4-10,12-13,23-25,27-33,36-38H2,1-2H3,(H2,58,64)(H,61,69)(H,62,70)(H2,59,63,65). The van der Waals surface area contributed by atoms with Crippen molar-refractivity contribution in [2.75, 3.05) is 64.8 Å². The van der Waals surface area contributed by atoms with E-state index in [1.54, 1.807) is 31.3 Å². The molecule has 5 aromatic rings. The highest BCUT2D eigenvalue weighted by molar-refractivity contribution is 5.80. The largest absolute Gasteiger partial charge is 0.493 e. The molecule has 22 heteroatoms. The van der Waals surface area contributed by atoms with Crippen molar-refractivity contribution < 1.29 is 57.3 Å². The van der Waals surface area contributed by atoms with Crippen molar-refractivity contribution in [2.45, 2.75) is 110 Å². The van der Waals surface area contributed by atoms with Crippen molar-refractivity contribution in [1.82, 2.24) is 25.6 Å². The van der Waals surface area contributed by atoms with Crippen LogP contribution in [0.15, 0.2) is 83.9 Å². The number of hydrogen-bond acceptors (Lipinski definition) is 19. The molecule has 0 bridgehead atoms. The van der Waals surface area contributed by atoms with Crippen LogP contribution in [0.1, 0.15) is 111 Å². The Morgan fingerprint density at radius 3 is 1.92 bits per heavy atom. The number of Topliss-reactive ketones (excluding diaryl/α,β-unsaturated/α-hetero) is 2. The summed E-state index contributed by atoms with van der Waals surface area (Å²) in [4.78, 5) is 78.7. The molecule has 79 heavy (non-hydrogen) atoms. The third-order valence-electron chi connectivity index (χ3n) is 12.4. The average molecular weight is 1090 g/mol. The second kappa shape index (κ2) is 32.6. The summed E-state index contributed by atoms with van der Waals surface area (Å²) >= 11 is 0. The average Bonchev–Trinajstić information content (AvgIpc) is 3.96. The van der Waals surface area contributed by atoms with E-state index in [-0.39, 0.29) is 91.0 Å². The second-order valence-electron chi connectivity index (χ2n) is 18.6. The SMILES string of the molecule is COc1cc(C(C)NC(=O)CCCC(=O)NCc2ccc(COc3nc(N)nc4c3N=CC4)cc2)c([N+](=O)[O-])cc1OCCCC(=O)CCCOCCOCCOCCCC(=O)CCc1ccc(COc2cccc(N)n2)cc1. The number of rotatable bonds is 38. The van der Waals surface area contributed by atoms with Gasteiger partial charge in [-0.3, -0.25) is 34.3 Å². The molecule has 3 aromatic carbocycles. The molecule has 0 saturated heterocycles. The van der Waals surface area contributed by atoms with Gasteiger partial charge in [-0.15, -0.1) is 0 Å². The van der Waals surface area contributed by atoms with Gasteiger partial charge in [0.1, 0.15) is 36.3 Å². The number of nitrogens with two attached hydrogens (primary N) is 2. The van der Waals surface area contributed by atoms with Crippen LogP contribution in [0.4, 0.5) is 23.1 Å². The van der Waals surface area contributed by atoms with Crippen molar-refractivity contribution in [3.8, 4) is 23.3 Å². The van der Waals surface area contributed by atoms with E-state index in [9.17, 15) is 29.3 Å². The first kappa shape index (κ1) is 60.2. The van der Waals surface area contributed by atoms with Gasteiger partial charge in [-0.25, -0.2) is 4.98 Å². The minimum Gasteiger partial charge on any atom is -0.493 e. The van der Waals surface area contributed by atoms with Gasteiger partial charge in [0, 0.05) is 77.0 Å². The van der Waals surface area contributed by atoms with Gasteiger partial charge >= 0.3 is 0 Å². The molecule has 3 heterocycles. The molecular weight excluding hydrogens is 1020 g/mol. The monoisotopic (exact) mass is 1090 g/mol. The molecule has 0 saturated carbocycles. The van der Waals surface area contributed by atoms with Gasteiger partial charge in [0.05, 0.1) is 68.4 Å². The van der Waals surface area contributed by atoms with Gasteiger partial charge in [0.25, 0.3) is 5.69 Å². The van der Waals surface area contributed by atoms with E-state index in [4.69, 9.17) is 44.6 Å². The lowest BCUT2D eigenvalue weighted by atomic mass is 10.0. The number of pyridine rings is 1. The minimum absolute atomic E-state index is 0.0284. The topological polar surface area (TPSA) is 303 Å². The number of aliphatic imine (C=N–C) groups is 1. The fraction of sp³-hybridized carbons (Fsp3) is 0.439. The van der Waals surface area contributed by atoms with Crippen molar-refractivity contribution in [2.24, 2.45) is 4.99 Å². The third kappa shape index (κ3) is 21.3. The normalized spacial score (nSPS) is 11.9. The van der Waals surface area contributed by atoms with Crippen LogP contribution in [0.3, 0.4) is 0 Å². The number of amides is 2. The number of carbonyl (C=O) groups excluding carboxylic acids is 4. The summed E-state index contributed by atoms with van der Waals surface area (Å²) in [6.45, 7) is 5.13. The number of benzene rings is 3. The molecule has 6 rings (SSSR count). The Morgan fingerprint density at radius 1 is 0.658 bits per heavy atom. The molecule has 422 valence electrons. The number of carbonyl (C=O) groups is 4. The van der Waals surface area contributed by atoms with Gasteiger partial charge in [-0.1, -0.05) is 54.6 Å². The molecule has 1 unspecified atom stereocenters. The summed E-state index contributed by atoms with van der Waals surface area (Å²) in [5.74, 6) is 1.34. The number of hydrogen-bond donors (Lipinski definition) is 4. The molecule has 0 radical (unpaired) electrons. The number of nitrogens with zero attached hydrogens (tertiary/aromatic N) is 5. The lowest BCUT2D eigenvalue weighted by Gasteiger charge is -2.18. The van der Waals surface area contributed by atoms with Crippen LogP contribution < -0.4 is 41.0 Å². The second-order valence-corrected chi connectivity index (χ2v) is 18.6. The minimum atomic E-state index is -0.761. The van der Waals surface area contributed by atoms with Gasteiger partial charge < -0.3 is 55.3 Å². The molecule has 2 aromatic heterocycles. The molecule has 6 N–H and O–H groups in total. The number of anilines is 2. The van der Waals surface area contributed by atoms with Gasteiger partial charge in [0.2, 0.25) is 29.5 Å². The first-order chi connectivity index (χ1) is 38.3. The maximum atomic E-state index is 12.9. The summed E-state index contributed by atoms with van der Waals surface area (Å²) in [5, 5.41) is 17.8. The number of aromatic nitrogens is 3. The van der Waals surface area contributed by atoms with Crippen molar-refractivity contribution in [3.63, 3.8) is 0 Å². The Kier molecular flexibility index (Phi) is 24.8. The summed E-state index contributed by atoms with van der Waals surface area (Å²) in [7, 11) is 1.41. The molecule has 2 amide bonds. The van der Waals surface area contributed by atoms with Gasteiger partial charge in [-0.2, -0.15) is 9.97 Å². The summed E-state index contributed by atoms with van der Waals surface area (Å²) in [6, 6.07) is 22.7. The number of ether oxygens (including phenoxy) is 7. The zero-order valence-corrected chi connectivity index (χ0v) is 44.9. The number of nitro benzene ring substituents is 1. The fourth-order valence-electron chi connectivity index (χ4n) is 8.17. The van der Waals surface area contributed by atoms with Crippen LogP contribution in [0, 0.1) is 10.1 Å². The Hall–Kier alpha value is -8.08. The number of nitrogen functional groups attached to an aromatic ring is 2. The number of aryl methyl sites for hydroxylation is 1. The van der Waals surface area contributed by atoms with Crippen molar-refractivity contribution in [3.05, 3.63) is 122 Å². The smallest absolute Gasteiger partial charge is 0.278 e. The van der Waals surface area contributed by atoms with E-state index in [0.717, 1.165) is 27.9 Å². The van der Waals surface area contributed by atoms with E-state index in [0.29, 0.717) is 127 Å². The number of nitro groups is 1. The molecule has 1 aliphatic rings. The van der Waals surface area contributed by atoms with Crippen molar-refractivity contribution >= 4 is 52.7 Å². The summed E-state index contributed by atoms with van der Waals surface area (Å²) < 4.78 is 39.6. The summed E-state index contributed by atoms with van der Waals surface area (Å²) in [6.07, 6.45) is 6.49. The molecular formula is C57H71N9O13. The maximum Gasteiger partial charge on any atom is 0.278 e. The van der Waals surface area contributed by atoms with E-state index >= 15 is 0 Å². The number of ketones is 2. The molecule has 0 aliphatic carbocycles. The van der Waals surface area contributed by atoms with Crippen LogP contribution in [0.25, 0.3) is 0 Å². The Balaban J connectivity index is 0.748. The molecule has 1 atom stereocenters. The number of nitrogens with one attached hydrogen (secondary N) is 2.